The highest BCUT2D eigenvalue weighted by Crippen LogP contribution is 1.86. The lowest BCUT2D eigenvalue weighted by Gasteiger charge is -2.04. The van der Waals surface area contributed by atoms with Crippen molar-refractivity contribution in [2.75, 3.05) is 0 Å². The second kappa shape index (κ2) is 3.88. The quantitative estimate of drug-likeness (QED) is 0.532. The molecule has 4 heteroatoms. The van der Waals surface area contributed by atoms with Crippen molar-refractivity contribution in [3.63, 3.8) is 0 Å². The van der Waals surface area contributed by atoms with Gasteiger partial charge in [0.25, 0.3) is 5.91 Å². The number of imide groups is 1. The van der Waals surface area contributed by atoms with E-state index < -0.39 is 17.9 Å². The summed E-state index contributed by atoms with van der Waals surface area (Å²) in [6.07, 6.45) is 0. The van der Waals surface area contributed by atoms with Gasteiger partial charge in [-0.05, 0) is 13.8 Å². The fourth-order valence-electron chi connectivity index (χ4n) is 0.332. The van der Waals surface area contributed by atoms with Crippen LogP contribution in [0, 0.1) is 0 Å². The molecule has 62 valence electrons. The Morgan fingerprint density at radius 2 is 2.00 bits per heavy atom. The van der Waals surface area contributed by atoms with Gasteiger partial charge in [0.05, 0.1) is 6.04 Å². The Morgan fingerprint density at radius 1 is 1.55 bits per heavy atom. The third kappa shape index (κ3) is 3.52. The Morgan fingerprint density at radius 3 is 2.27 bits per heavy atom. The molecule has 0 aromatic rings. The predicted octanol–water partition coefficient (Wildman–Crippen LogP) is -0.447. The predicted molar refractivity (Wildman–Crippen MR) is 41.6 cm³/mol. The zero-order valence-electron chi connectivity index (χ0n) is 6.68. The fourth-order valence-corrected chi connectivity index (χ4v) is 0.332. The fraction of sp³-hybridized carbons (Fsp3) is 0.429. The molecule has 0 aliphatic carbocycles. The van der Waals surface area contributed by atoms with Crippen molar-refractivity contribution in [2.24, 2.45) is 5.73 Å². The number of carbonyl (C=O) groups is 2. The first-order valence-corrected chi connectivity index (χ1v) is 3.21. The molecule has 0 saturated heterocycles. The Balaban J connectivity index is 3.96. The van der Waals surface area contributed by atoms with Crippen molar-refractivity contribution < 1.29 is 9.59 Å². The van der Waals surface area contributed by atoms with Gasteiger partial charge in [0.1, 0.15) is 0 Å². The Bertz CT molecular complexity index is 197. The lowest BCUT2D eigenvalue weighted by atomic mass is 10.3. The average Bonchev–Trinajstić information content (AvgIpc) is 1.87. The Hall–Kier alpha value is -1.16. The summed E-state index contributed by atoms with van der Waals surface area (Å²) in [4.78, 5) is 21.5. The highest BCUT2D eigenvalue weighted by atomic mass is 16.2. The highest BCUT2D eigenvalue weighted by molar-refractivity contribution is 6.04. The van der Waals surface area contributed by atoms with Gasteiger partial charge in [-0.1, -0.05) is 6.58 Å². The van der Waals surface area contributed by atoms with Gasteiger partial charge in [0.15, 0.2) is 0 Å². The van der Waals surface area contributed by atoms with Crippen LogP contribution in [0.5, 0.6) is 0 Å². The maximum Gasteiger partial charge on any atom is 0.252 e. The zero-order chi connectivity index (χ0) is 9.02. The first-order chi connectivity index (χ1) is 4.95. The maximum absolute atomic E-state index is 10.8. The SMILES string of the molecule is C=C(C)C(=O)NC(=O)C(C)N. The molecule has 11 heavy (non-hydrogen) atoms. The van der Waals surface area contributed by atoms with Crippen molar-refractivity contribution in [3.8, 4) is 0 Å². The lowest BCUT2D eigenvalue weighted by molar-refractivity contribution is -0.129. The second-order valence-corrected chi connectivity index (χ2v) is 2.39. The molecule has 1 unspecified atom stereocenters. The lowest BCUT2D eigenvalue weighted by Crippen LogP contribution is -2.41. The van der Waals surface area contributed by atoms with Crippen LogP contribution in [-0.4, -0.2) is 17.9 Å². The number of amides is 2. The molecule has 0 rings (SSSR count). The molecule has 0 heterocycles. The van der Waals surface area contributed by atoms with Crippen LogP contribution in [0.1, 0.15) is 13.8 Å². The van der Waals surface area contributed by atoms with E-state index in [1.54, 1.807) is 0 Å². The minimum atomic E-state index is -0.668. The molecule has 0 spiro atoms. The molecule has 0 aromatic heterocycles. The number of nitrogens with two attached hydrogens (primary N) is 1. The van der Waals surface area contributed by atoms with E-state index in [4.69, 9.17) is 5.73 Å². The molecule has 3 N–H and O–H groups in total. The zero-order valence-corrected chi connectivity index (χ0v) is 6.68. The number of rotatable bonds is 2. The summed E-state index contributed by atoms with van der Waals surface area (Å²) in [6, 6.07) is -0.668. The van der Waals surface area contributed by atoms with E-state index in [0.717, 1.165) is 0 Å². The van der Waals surface area contributed by atoms with Gasteiger partial charge < -0.3 is 5.73 Å². The van der Waals surface area contributed by atoms with Crippen LogP contribution < -0.4 is 11.1 Å². The summed E-state index contributed by atoms with van der Waals surface area (Å²) in [7, 11) is 0. The van der Waals surface area contributed by atoms with Crippen molar-refractivity contribution in [1.29, 1.82) is 0 Å². The van der Waals surface area contributed by atoms with Crippen LogP contribution in [-0.2, 0) is 9.59 Å². The summed E-state index contributed by atoms with van der Waals surface area (Å²) in [5.74, 6) is -0.967. The van der Waals surface area contributed by atoms with Gasteiger partial charge in [-0.3, -0.25) is 14.9 Å². The van der Waals surface area contributed by atoms with Gasteiger partial charge in [-0.15, -0.1) is 0 Å². The van der Waals surface area contributed by atoms with Crippen molar-refractivity contribution in [1.82, 2.24) is 5.32 Å². The molecule has 0 aromatic carbocycles. The van der Waals surface area contributed by atoms with Gasteiger partial charge in [0, 0.05) is 5.57 Å². The largest absolute Gasteiger partial charge is 0.320 e. The van der Waals surface area contributed by atoms with Crippen LogP contribution in [0.3, 0.4) is 0 Å². The van der Waals surface area contributed by atoms with E-state index in [1.165, 1.54) is 13.8 Å². The molecule has 2 amide bonds. The molecule has 0 aliphatic rings. The molecule has 0 bridgehead atoms. The van der Waals surface area contributed by atoms with Gasteiger partial charge in [0.2, 0.25) is 5.91 Å². The summed E-state index contributed by atoms with van der Waals surface area (Å²) in [6.45, 7) is 6.38. The van der Waals surface area contributed by atoms with Crippen LogP contribution in [0.2, 0.25) is 0 Å². The van der Waals surface area contributed by atoms with Crippen molar-refractivity contribution in [3.05, 3.63) is 12.2 Å². The van der Waals surface area contributed by atoms with Crippen molar-refractivity contribution in [2.45, 2.75) is 19.9 Å². The number of nitrogens with one attached hydrogen (secondary N) is 1. The third-order valence-corrected chi connectivity index (χ3v) is 1.04. The second-order valence-electron chi connectivity index (χ2n) is 2.39. The molecule has 0 saturated carbocycles. The minimum Gasteiger partial charge on any atom is -0.320 e. The average molecular weight is 156 g/mol. The monoisotopic (exact) mass is 156 g/mol. The van der Waals surface area contributed by atoms with E-state index in [0.29, 0.717) is 5.57 Å². The third-order valence-electron chi connectivity index (χ3n) is 1.04. The van der Waals surface area contributed by atoms with E-state index in [2.05, 4.69) is 11.9 Å². The molecule has 0 radical (unpaired) electrons. The smallest absolute Gasteiger partial charge is 0.252 e. The molecule has 1 atom stereocenters. The Kier molecular flexibility index (Phi) is 3.47. The van der Waals surface area contributed by atoms with Gasteiger partial charge in [-0.2, -0.15) is 0 Å². The number of hydrogen-bond acceptors (Lipinski definition) is 3. The molecule has 0 aliphatic heterocycles. The van der Waals surface area contributed by atoms with Crippen LogP contribution in [0.15, 0.2) is 12.2 Å². The molecule has 4 nitrogen and oxygen atoms in total. The summed E-state index contributed by atoms with van der Waals surface area (Å²) in [5.41, 5.74) is 5.48. The number of carbonyl (C=O) groups excluding carboxylic acids is 2. The topological polar surface area (TPSA) is 72.2 Å². The normalized spacial score (nSPS) is 11.9. The number of hydrogen-bond donors (Lipinski definition) is 2. The molecular formula is C7H12N2O2. The van der Waals surface area contributed by atoms with E-state index in [9.17, 15) is 9.59 Å². The van der Waals surface area contributed by atoms with E-state index >= 15 is 0 Å². The maximum atomic E-state index is 10.8. The van der Waals surface area contributed by atoms with Crippen LogP contribution >= 0.6 is 0 Å². The van der Waals surface area contributed by atoms with Gasteiger partial charge >= 0.3 is 0 Å². The molecule has 0 fully saturated rings. The Labute approximate surface area is 65.5 Å². The standard InChI is InChI=1S/C7H12N2O2/c1-4(2)6(10)9-7(11)5(3)8/h5H,1,8H2,2-3H3,(H,9,10,11). The minimum absolute atomic E-state index is 0.291. The van der Waals surface area contributed by atoms with E-state index in [-0.39, 0.29) is 0 Å². The van der Waals surface area contributed by atoms with E-state index in [1.807, 2.05) is 0 Å². The highest BCUT2D eigenvalue weighted by Gasteiger charge is 2.11. The summed E-state index contributed by atoms with van der Waals surface area (Å²) in [5, 5.41) is 2.08. The van der Waals surface area contributed by atoms with Crippen molar-refractivity contribution >= 4 is 11.8 Å². The molecular weight excluding hydrogens is 144 g/mol. The van der Waals surface area contributed by atoms with Gasteiger partial charge in [-0.25, -0.2) is 0 Å². The first-order valence-electron chi connectivity index (χ1n) is 3.21. The first kappa shape index (κ1) is 9.84. The summed E-state index contributed by atoms with van der Waals surface area (Å²) >= 11 is 0. The van der Waals surface area contributed by atoms with Crippen LogP contribution in [0.4, 0.5) is 0 Å². The summed E-state index contributed by atoms with van der Waals surface area (Å²) < 4.78 is 0. The van der Waals surface area contributed by atoms with Crippen LogP contribution in [0.25, 0.3) is 0 Å².